The Labute approximate surface area is 315 Å². The molecule has 1 spiro atoms. The third kappa shape index (κ3) is 6.39. The number of ether oxygens (including phenoxy) is 2. The minimum atomic E-state index is -3.62. The third-order valence-corrected chi connectivity index (χ3v) is 13.8. The second kappa shape index (κ2) is 14.7. The molecular formula is C42H46FN3O7Si. The van der Waals surface area contributed by atoms with Crippen molar-refractivity contribution < 1.29 is 37.9 Å². The number of benzene rings is 4. The maximum Gasteiger partial charge on any atom is 0.305 e. The molecule has 0 aliphatic carbocycles. The van der Waals surface area contributed by atoms with E-state index in [9.17, 15) is 24.3 Å². The molecule has 282 valence electrons. The van der Waals surface area contributed by atoms with E-state index in [0.717, 1.165) is 22.0 Å². The Hall–Kier alpha value is -4.91. The van der Waals surface area contributed by atoms with Gasteiger partial charge in [0, 0.05) is 54.2 Å². The normalized spacial score (nSPS) is 21.7. The van der Waals surface area contributed by atoms with Crippen LogP contribution < -0.4 is 9.80 Å². The summed E-state index contributed by atoms with van der Waals surface area (Å²) in [5.74, 6) is -1.86. The minimum Gasteiger partial charge on any atom is -0.469 e. The predicted molar refractivity (Wildman–Crippen MR) is 207 cm³/mol. The van der Waals surface area contributed by atoms with Gasteiger partial charge in [-0.25, -0.2) is 0 Å². The van der Waals surface area contributed by atoms with Crippen LogP contribution in [0.25, 0.3) is 10.8 Å². The Balaban J connectivity index is 1.28. The highest BCUT2D eigenvalue weighted by molar-refractivity contribution is 6.72. The number of aliphatic hydroxyl groups excluding tert-OH is 1. The molecule has 3 aliphatic heterocycles. The molecule has 0 saturated carbocycles. The van der Waals surface area contributed by atoms with Gasteiger partial charge >= 0.3 is 5.97 Å². The van der Waals surface area contributed by atoms with Crippen molar-refractivity contribution >= 4 is 59.9 Å². The summed E-state index contributed by atoms with van der Waals surface area (Å²) in [6.45, 7) is 5.40. The number of carbonyl (C=O) groups is 4. The molecule has 3 heterocycles. The SMILES string of the molecule is COC(=O)CCCCN1C(=O)[C@]2(O[C@H](CC(=O)N(CCO)Cc3ccccc3)[C@@H]([Si](C)(C)F)[C@@H]2C)c2cc(N3C(=O)c4cccc5cccc3c45)ccc21. The quantitative estimate of drug-likeness (QED) is 0.0677. The molecular weight excluding hydrogens is 706 g/mol. The molecule has 4 aromatic rings. The van der Waals surface area contributed by atoms with Crippen molar-refractivity contribution in [3.05, 3.63) is 102 Å². The average molecular weight is 752 g/mol. The molecule has 4 aromatic carbocycles. The largest absolute Gasteiger partial charge is 0.469 e. The highest BCUT2D eigenvalue weighted by Gasteiger charge is 2.67. The maximum atomic E-state index is 16.7. The first-order chi connectivity index (χ1) is 25.9. The van der Waals surface area contributed by atoms with Crippen molar-refractivity contribution in [1.82, 2.24) is 4.90 Å². The lowest BCUT2D eigenvalue weighted by atomic mass is 9.82. The van der Waals surface area contributed by atoms with E-state index >= 15 is 4.11 Å². The van der Waals surface area contributed by atoms with E-state index in [-0.39, 0.29) is 62.8 Å². The van der Waals surface area contributed by atoms with Gasteiger partial charge in [0.25, 0.3) is 11.8 Å². The number of rotatable bonds is 13. The highest BCUT2D eigenvalue weighted by Crippen LogP contribution is 2.61. The van der Waals surface area contributed by atoms with Crippen LogP contribution in [0.5, 0.6) is 0 Å². The van der Waals surface area contributed by atoms with Gasteiger partial charge in [0.15, 0.2) is 5.60 Å². The molecule has 0 bridgehead atoms. The smallest absolute Gasteiger partial charge is 0.305 e. The number of fused-ring (bicyclic) bond motifs is 2. The van der Waals surface area contributed by atoms with Gasteiger partial charge in [-0.1, -0.05) is 61.5 Å². The van der Waals surface area contributed by atoms with Crippen LogP contribution in [-0.4, -0.2) is 75.0 Å². The number of anilines is 3. The van der Waals surface area contributed by atoms with E-state index in [1.165, 1.54) is 7.11 Å². The van der Waals surface area contributed by atoms with Crippen LogP contribution in [0.15, 0.2) is 84.9 Å². The van der Waals surface area contributed by atoms with Crippen LogP contribution >= 0.6 is 0 Å². The molecule has 0 unspecified atom stereocenters. The van der Waals surface area contributed by atoms with Gasteiger partial charge in [0.1, 0.15) is 0 Å². The summed E-state index contributed by atoms with van der Waals surface area (Å²) in [5.41, 5.74) is 1.48. The first-order valence-corrected chi connectivity index (χ1v) is 21.5. The zero-order valence-corrected chi connectivity index (χ0v) is 32.1. The fraction of sp³-hybridized carbons (Fsp3) is 0.381. The Morgan fingerprint density at radius 2 is 1.72 bits per heavy atom. The molecule has 1 fully saturated rings. The van der Waals surface area contributed by atoms with Crippen molar-refractivity contribution in [2.24, 2.45) is 5.92 Å². The second-order valence-corrected chi connectivity index (χ2v) is 18.8. The summed E-state index contributed by atoms with van der Waals surface area (Å²) in [6, 6.07) is 26.3. The number of hydrogen-bond acceptors (Lipinski definition) is 7. The number of halogens is 1. The first-order valence-electron chi connectivity index (χ1n) is 18.6. The predicted octanol–water partition coefficient (Wildman–Crippen LogP) is 7.01. The molecule has 0 aromatic heterocycles. The minimum absolute atomic E-state index is 0.0890. The summed E-state index contributed by atoms with van der Waals surface area (Å²) in [4.78, 5) is 59.8. The molecule has 1 saturated heterocycles. The summed E-state index contributed by atoms with van der Waals surface area (Å²) in [7, 11) is -2.28. The number of aliphatic hydroxyl groups is 1. The summed E-state index contributed by atoms with van der Waals surface area (Å²) >= 11 is 0. The van der Waals surface area contributed by atoms with Gasteiger partial charge in [0.05, 0.1) is 43.2 Å². The molecule has 3 aliphatic rings. The number of methoxy groups -OCH3 is 1. The van der Waals surface area contributed by atoms with Gasteiger partial charge in [-0.15, -0.1) is 0 Å². The number of nitrogens with zero attached hydrogens (tertiary/aromatic N) is 3. The second-order valence-electron chi connectivity index (χ2n) is 15.0. The number of carbonyl (C=O) groups excluding carboxylic acids is 4. The summed E-state index contributed by atoms with van der Waals surface area (Å²) in [6.07, 6.45) is 0.0883. The lowest BCUT2D eigenvalue weighted by Crippen LogP contribution is -2.45. The zero-order chi connectivity index (χ0) is 38.4. The van der Waals surface area contributed by atoms with Crippen molar-refractivity contribution in [1.29, 1.82) is 0 Å². The Morgan fingerprint density at radius 3 is 2.43 bits per heavy atom. The van der Waals surface area contributed by atoms with Crippen molar-refractivity contribution in [3.63, 3.8) is 0 Å². The fourth-order valence-electron chi connectivity index (χ4n) is 8.93. The van der Waals surface area contributed by atoms with Crippen molar-refractivity contribution in [3.8, 4) is 0 Å². The lowest BCUT2D eigenvalue weighted by molar-refractivity contribution is -0.149. The topological polar surface area (TPSA) is 117 Å². The fourth-order valence-corrected chi connectivity index (χ4v) is 11.4. The van der Waals surface area contributed by atoms with E-state index in [0.29, 0.717) is 35.3 Å². The monoisotopic (exact) mass is 751 g/mol. The van der Waals surface area contributed by atoms with Crippen molar-refractivity contribution in [2.45, 2.75) is 69.5 Å². The van der Waals surface area contributed by atoms with Gasteiger partial charge in [-0.05, 0) is 67.2 Å². The van der Waals surface area contributed by atoms with E-state index in [4.69, 9.17) is 9.47 Å². The van der Waals surface area contributed by atoms with E-state index in [1.54, 1.807) is 27.8 Å². The van der Waals surface area contributed by atoms with Gasteiger partial charge in [-0.2, -0.15) is 0 Å². The number of amides is 3. The standard InChI is InChI=1S/C42H46FN3O7Si/c1-27-39(54(3,4)43)35(25-36(48)44(22-23-47)26-28-12-6-5-7-13-28)53-42(27)32-24-30(19-20-33(32)45(41(42)51)21-9-8-18-37(49)52-2)46-34-17-11-15-29-14-10-16-31(38(29)34)40(46)50/h5-7,10-17,19-20,24,27,35,39,47H,8-9,18,21-23,25-26H2,1-4H3/t27-,35+,39-,42+/m0/s1. The van der Waals surface area contributed by atoms with Crippen LogP contribution in [0.3, 0.4) is 0 Å². The van der Waals surface area contributed by atoms with Crippen LogP contribution in [0.4, 0.5) is 21.2 Å². The van der Waals surface area contributed by atoms with E-state index in [2.05, 4.69) is 0 Å². The maximum absolute atomic E-state index is 16.7. The molecule has 0 radical (unpaired) electrons. The molecule has 1 N–H and O–H groups in total. The summed E-state index contributed by atoms with van der Waals surface area (Å²) < 4.78 is 28.4. The van der Waals surface area contributed by atoms with Gasteiger partial charge < -0.3 is 28.5 Å². The van der Waals surface area contributed by atoms with Gasteiger partial charge in [-0.3, -0.25) is 24.1 Å². The molecule has 3 amide bonds. The molecule has 7 rings (SSSR count). The van der Waals surface area contributed by atoms with Crippen LogP contribution in [0, 0.1) is 5.92 Å². The zero-order valence-electron chi connectivity index (χ0n) is 31.1. The molecule has 10 nitrogen and oxygen atoms in total. The number of hydrogen-bond donors (Lipinski definition) is 1. The van der Waals surface area contributed by atoms with Crippen LogP contribution in [-0.2, 0) is 36.0 Å². The summed E-state index contributed by atoms with van der Waals surface area (Å²) in [5, 5.41) is 11.7. The average Bonchev–Trinajstić information content (AvgIpc) is 3.71. The molecule has 4 atom stereocenters. The number of esters is 1. The van der Waals surface area contributed by atoms with Gasteiger partial charge in [0.2, 0.25) is 14.3 Å². The van der Waals surface area contributed by atoms with E-state index < -0.39 is 31.6 Å². The highest BCUT2D eigenvalue weighted by atomic mass is 28.4. The van der Waals surface area contributed by atoms with Crippen LogP contribution in [0.2, 0.25) is 18.6 Å². The van der Waals surface area contributed by atoms with Crippen molar-refractivity contribution in [2.75, 3.05) is 36.6 Å². The Bertz CT molecular complexity index is 2100. The molecule has 12 heteroatoms. The lowest BCUT2D eigenvalue weighted by Gasteiger charge is -2.31. The van der Waals surface area contributed by atoms with E-state index in [1.807, 2.05) is 91.9 Å². The first kappa shape index (κ1) is 37.4. The molecule has 54 heavy (non-hydrogen) atoms. The third-order valence-electron chi connectivity index (χ3n) is 11.3. The van der Waals surface area contributed by atoms with Crippen LogP contribution in [0.1, 0.15) is 54.1 Å². The Kier molecular flexibility index (Phi) is 10.2. The number of unbranched alkanes of at least 4 members (excludes halogenated alkanes) is 1. The Morgan fingerprint density at radius 1 is 0.981 bits per heavy atom.